The van der Waals surface area contributed by atoms with Crippen molar-refractivity contribution in [1.82, 2.24) is 20.4 Å². The lowest BCUT2D eigenvalue weighted by atomic mass is 9.93. The quantitative estimate of drug-likeness (QED) is 0.881. The monoisotopic (exact) mass is 332 g/mol. The largest absolute Gasteiger partial charge is 0.464 e. The number of methoxy groups -OCH3 is 1. The molecular formula is C17H24N4O3. The number of hydrogen-bond donors (Lipinski definition) is 2. The fourth-order valence-corrected chi connectivity index (χ4v) is 3.22. The van der Waals surface area contributed by atoms with Crippen molar-refractivity contribution in [3.63, 3.8) is 0 Å². The van der Waals surface area contributed by atoms with Crippen molar-refractivity contribution >= 4 is 6.03 Å². The Morgan fingerprint density at radius 2 is 2.38 bits per heavy atom. The predicted molar refractivity (Wildman–Crippen MR) is 88.6 cm³/mol. The first-order valence-corrected chi connectivity index (χ1v) is 8.21. The van der Waals surface area contributed by atoms with E-state index in [9.17, 15) is 4.79 Å². The van der Waals surface area contributed by atoms with Gasteiger partial charge in [-0.25, -0.2) is 4.79 Å². The molecule has 1 aliphatic carbocycles. The van der Waals surface area contributed by atoms with Gasteiger partial charge >= 0.3 is 6.03 Å². The van der Waals surface area contributed by atoms with Gasteiger partial charge in [-0.3, -0.25) is 4.68 Å². The Kier molecular flexibility index (Phi) is 4.89. The number of urea groups is 1. The molecule has 3 rings (SSSR count). The minimum absolute atomic E-state index is 0.0102. The molecule has 0 saturated carbocycles. The maximum absolute atomic E-state index is 12.4. The van der Waals surface area contributed by atoms with E-state index in [0.717, 1.165) is 30.6 Å². The summed E-state index contributed by atoms with van der Waals surface area (Å²) in [6, 6.07) is 3.18. The van der Waals surface area contributed by atoms with Crippen LogP contribution in [0.25, 0.3) is 0 Å². The Labute approximate surface area is 141 Å². The molecule has 2 N–H and O–H groups in total. The number of nitrogens with zero attached hydrogens (tertiary/aromatic N) is 2. The Morgan fingerprint density at radius 1 is 1.54 bits per heavy atom. The van der Waals surface area contributed by atoms with Gasteiger partial charge in [0.05, 0.1) is 18.8 Å². The summed E-state index contributed by atoms with van der Waals surface area (Å²) in [5, 5.41) is 10.3. The highest BCUT2D eigenvalue weighted by Gasteiger charge is 2.26. The summed E-state index contributed by atoms with van der Waals surface area (Å²) in [6.07, 6.45) is 4.81. The van der Waals surface area contributed by atoms with E-state index < -0.39 is 0 Å². The molecule has 7 nitrogen and oxygen atoms in total. The Morgan fingerprint density at radius 3 is 3.08 bits per heavy atom. The number of nitrogens with one attached hydrogen (secondary N) is 2. The van der Waals surface area contributed by atoms with Crippen LogP contribution < -0.4 is 10.6 Å². The van der Waals surface area contributed by atoms with Gasteiger partial charge in [-0.2, -0.15) is 5.10 Å². The van der Waals surface area contributed by atoms with E-state index in [1.54, 1.807) is 7.11 Å². The van der Waals surface area contributed by atoms with Crippen molar-refractivity contribution in [2.45, 2.75) is 38.3 Å². The van der Waals surface area contributed by atoms with Crippen molar-refractivity contribution in [2.24, 2.45) is 7.05 Å². The average molecular weight is 332 g/mol. The maximum Gasteiger partial charge on any atom is 0.315 e. The van der Waals surface area contributed by atoms with E-state index in [1.807, 2.05) is 37.0 Å². The molecule has 2 amide bonds. The zero-order chi connectivity index (χ0) is 17.1. The molecule has 0 unspecified atom stereocenters. The van der Waals surface area contributed by atoms with E-state index >= 15 is 0 Å². The number of carbonyl (C=O) groups excluding carboxylic acids is 1. The average Bonchev–Trinajstić information content (AvgIpc) is 3.14. The fourth-order valence-electron chi connectivity index (χ4n) is 3.22. The molecule has 2 heterocycles. The summed E-state index contributed by atoms with van der Waals surface area (Å²) in [6.45, 7) is 2.22. The highest BCUT2D eigenvalue weighted by molar-refractivity contribution is 5.75. The van der Waals surface area contributed by atoms with Crippen LogP contribution >= 0.6 is 0 Å². The number of amides is 2. The lowest BCUT2D eigenvalue weighted by Crippen LogP contribution is -2.41. The van der Waals surface area contributed by atoms with E-state index in [1.165, 1.54) is 5.69 Å². The topological polar surface area (TPSA) is 81.3 Å². The minimum atomic E-state index is -0.319. The van der Waals surface area contributed by atoms with Gasteiger partial charge in [-0.05, 0) is 38.3 Å². The number of aryl methyl sites for hydroxylation is 2. The van der Waals surface area contributed by atoms with Gasteiger partial charge in [-0.15, -0.1) is 0 Å². The normalized spacial score (nSPS) is 18.0. The molecule has 1 aliphatic rings. The number of hydrogen-bond acceptors (Lipinski definition) is 4. The third-order valence-corrected chi connectivity index (χ3v) is 4.42. The molecule has 0 bridgehead atoms. The molecule has 130 valence electrons. The fraction of sp³-hybridized carbons (Fsp3) is 0.529. The number of furan rings is 1. The molecule has 7 heteroatoms. The lowest BCUT2D eigenvalue weighted by molar-refractivity contribution is 0.155. The van der Waals surface area contributed by atoms with Crippen molar-refractivity contribution in [2.75, 3.05) is 13.7 Å². The van der Waals surface area contributed by atoms with Crippen LogP contribution in [-0.4, -0.2) is 29.5 Å². The SMILES string of the molecule is COC[C@@H](NC(=O)N[C@H]1CCCc2c1cnn2C)c1ccc(C)o1. The van der Waals surface area contributed by atoms with Gasteiger partial charge in [0.2, 0.25) is 0 Å². The zero-order valence-corrected chi connectivity index (χ0v) is 14.3. The zero-order valence-electron chi connectivity index (χ0n) is 14.3. The molecule has 0 aromatic carbocycles. The van der Waals surface area contributed by atoms with Crippen molar-refractivity contribution < 1.29 is 13.9 Å². The number of carbonyl (C=O) groups is 1. The second kappa shape index (κ2) is 7.09. The van der Waals surface area contributed by atoms with Gasteiger partial charge in [0, 0.05) is 25.4 Å². The van der Waals surface area contributed by atoms with Gasteiger partial charge in [0.1, 0.15) is 17.6 Å². The van der Waals surface area contributed by atoms with Gasteiger partial charge in [-0.1, -0.05) is 0 Å². The van der Waals surface area contributed by atoms with Crippen LogP contribution in [-0.2, 0) is 18.2 Å². The van der Waals surface area contributed by atoms with Crippen LogP contribution in [0.5, 0.6) is 0 Å². The third-order valence-electron chi connectivity index (χ3n) is 4.42. The van der Waals surface area contributed by atoms with E-state index in [4.69, 9.17) is 9.15 Å². The number of fused-ring (bicyclic) bond motifs is 1. The maximum atomic E-state index is 12.4. The number of aromatic nitrogens is 2. The molecule has 2 aromatic rings. The highest BCUT2D eigenvalue weighted by Crippen LogP contribution is 2.29. The van der Waals surface area contributed by atoms with Crippen LogP contribution in [0.15, 0.2) is 22.7 Å². The van der Waals surface area contributed by atoms with Gasteiger partial charge < -0.3 is 19.8 Å². The Hall–Kier alpha value is -2.28. The number of ether oxygens (including phenoxy) is 1. The molecule has 0 saturated heterocycles. The summed E-state index contributed by atoms with van der Waals surface area (Å²) < 4.78 is 12.7. The first-order chi connectivity index (χ1) is 11.6. The van der Waals surface area contributed by atoms with Gasteiger partial charge in [0.25, 0.3) is 0 Å². The van der Waals surface area contributed by atoms with Gasteiger partial charge in [0.15, 0.2) is 0 Å². The first-order valence-electron chi connectivity index (χ1n) is 8.21. The molecule has 0 fully saturated rings. The summed E-state index contributed by atoms with van der Waals surface area (Å²) in [5.41, 5.74) is 2.30. The van der Waals surface area contributed by atoms with E-state index in [2.05, 4.69) is 15.7 Å². The molecule has 0 aliphatic heterocycles. The summed E-state index contributed by atoms with van der Waals surface area (Å²) >= 11 is 0. The summed E-state index contributed by atoms with van der Waals surface area (Å²) in [5.74, 6) is 1.50. The molecule has 2 aromatic heterocycles. The van der Waals surface area contributed by atoms with E-state index in [0.29, 0.717) is 12.4 Å². The summed E-state index contributed by atoms with van der Waals surface area (Å²) in [4.78, 5) is 12.4. The Balaban J connectivity index is 1.66. The Bertz CT molecular complexity index is 707. The predicted octanol–water partition coefficient (Wildman–Crippen LogP) is 2.39. The van der Waals surface area contributed by atoms with Crippen molar-refractivity contribution in [3.8, 4) is 0 Å². The summed E-state index contributed by atoms with van der Waals surface area (Å²) in [7, 11) is 3.54. The highest BCUT2D eigenvalue weighted by atomic mass is 16.5. The second-order valence-electron chi connectivity index (χ2n) is 6.19. The van der Waals surface area contributed by atoms with Crippen molar-refractivity contribution in [1.29, 1.82) is 0 Å². The van der Waals surface area contributed by atoms with E-state index in [-0.39, 0.29) is 18.1 Å². The first kappa shape index (κ1) is 16.6. The molecule has 0 radical (unpaired) electrons. The van der Waals surface area contributed by atoms with Crippen molar-refractivity contribution in [3.05, 3.63) is 41.1 Å². The van der Waals surface area contributed by atoms with Crippen LogP contribution in [0.3, 0.4) is 0 Å². The van der Waals surface area contributed by atoms with Crippen LogP contribution in [0.4, 0.5) is 4.79 Å². The lowest BCUT2D eigenvalue weighted by Gasteiger charge is -2.25. The molecule has 0 spiro atoms. The third kappa shape index (κ3) is 3.46. The molecule has 2 atom stereocenters. The number of rotatable bonds is 5. The smallest absolute Gasteiger partial charge is 0.315 e. The standard InChI is InChI=1S/C17H24N4O3/c1-11-7-8-16(24-11)14(10-23-3)20-17(22)19-13-5-4-6-15-12(13)9-18-21(15)2/h7-9,13-14H,4-6,10H2,1-3H3,(H2,19,20,22)/t13-,14+/m0/s1. The minimum Gasteiger partial charge on any atom is -0.464 e. The van der Waals surface area contributed by atoms with Crippen LogP contribution in [0, 0.1) is 6.92 Å². The molecule has 24 heavy (non-hydrogen) atoms. The second-order valence-corrected chi connectivity index (χ2v) is 6.19. The van der Waals surface area contributed by atoms with Crippen LogP contribution in [0.1, 0.15) is 47.7 Å². The molecular weight excluding hydrogens is 308 g/mol. The van der Waals surface area contributed by atoms with Crippen LogP contribution in [0.2, 0.25) is 0 Å².